The Bertz CT molecular complexity index is 1420. The summed E-state index contributed by atoms with van der Waals surface area (Å²) < 4.78 is 25.5. The van der Waals surface area contributed by atoms with Crippen LogP contribution in [0.25, 0.3) is 11.1 Å². The molecule has 0 aliphatic carbocycles. The van der Waals surface area contributed by atoms with Gasteiger partial charge in [0, 0.05) is 23.9 Å². The van der Waals surface area contributed by atoms with Gasteiger partial charge in [0.1, 0.15) is 17.9 Å². The maximum Gasteiger partial charge on any atom is 0.243 e. The third kappa shape index (κ3) is 6.25. The number of benzene rings is 3. The number of amides is 1. The normalized spacial score (nSPS) is 12.1. The van der Waals surface area contributed by atoms with Gasteiger partial charge in [-0.2, -0.15) is 9.57 Å². The third-order valence-corrected chi connectivity index (χ3v) is 7.14. The van der Waals surface area contributed by atoms with Crippen LogP contribution in [0.3, 0.4) is 0 Å². The maximum absolute atomic E-state index is 13.2. The first kappa shape index (κ1) is 25.9. The Morgan fingerprint density at radius 3 is 2.43 bits per heavy atom. The Labute approximate surface area is 209 Å². The lowest BCUT2D eigenvalue weighted by Gasteiger charge is -2.25. The Morgan fingerprint density at radius 2 is 1.83 bits per heavy atom. The second-order valence-electron chi connectivity index (χ2n) is 7.95. The molecule has 3 aromatic carbocycles. The molecule has 0 saturated heterocycles. The van der Waals surface area contributed by atoms with E-state index in [-0.39, 0.29) is 12.3 Å². The average Bonchev–Trinajstić information content (AvgIpc) is 2.82. The average molecular weight is 510 g/mol. The molecule has 3 aromatic rings. The number of nitrogens with zero attached hydrogens (tertiary/aromatic N) is 2. The molecular weight excluding hydrogens is 486 g/mol. The Kier molecular flexibility index (Phi) is 7.92. The van der Waals surface area contributed by atoms with Crippen LogP contribution in [0.5, 0.6) is 0 Å². The van der Waals surface area contributed by atoms with Crippen LogP contribution in [0.2, 0.25) is 5.02 Å². The van der Waals surface area contributed by atoms with E-state index in [0.717, 1.165) is 16.1 Å². The molecule has 0 fully saturated rings. The number of rotatable bonds is 8. The molecule has 0 spiro atoms. The molecule has 4 N–H and O–H groups in total. The number of amidine groups is 1. The fraction of sp³-hybridized carbons (Fsp3) is 0.160. The fourth-order valence-electron chi connectivity index (χ4n) is 3.54. The second-order valence-corrected chi connectivity index (χ2v) is 10.4. The number of sulfonamides is 1. The van der Waals surface area contributed by atoms with Gasteiger partial charge in [0.2, 0.25) is 15.9 Å². The predicted molar refractivity (Wildman–Crippen MR) is 138 cm³/mol. The van der Waals surface area contributed by atoms with Crippen molar-refractivity contribution in [1.29, 1.82) is 10.7 Å². The summed E-state index contributed by atoms with van der Waals surface area (Å²) in [5.41, 5.74) is 8.93. The lowest BCUT2D eigenvalue weighted by Crippen LogP contribution is -2.46. The van der Waals surface area contributed by atoms with Gasteiger partial charge < -0.3 is 11.1 Å². The molecular formula is C25H24ClN5O3S. The maximum atomic E-state index is 13.2. The van der Waals surface area contributed by atoms with Gasteiger partial charge in [0.15, 0.2) is 0 Å². The van der Waals surface area contributed by atoms with Gasteiger partial charge in [-0.1, -0.05) is 54.1 Å². The van der Waals surface area contributed by atoms with Crippen molar-refractivity contribution in [2.24, 2.45) is 5.73 Å². The number of carbonyl (C=O) groups is 1. The van der Waals surface area contributed by atoms with Crippen LogP contribution in [0, 0.1) is 16.7 Å². The number of nitrogen functional groups attached to an aromatic ring is 1. The van der Waals surface area contributed by atoms with Crippen molar-refractivity contribution in [1.82, 2.24) is 4.31 Å². The van der Waals surface area contributed by atoms with Crippen molar-refractivity contribution < 1.29 is 13.2 Å². The highest BCUT2D eigenvalue weighted by Crippen LogP contribution is 2.29. The van der Waals surface area contributed by atoms with Gasteiger partial charge >= 0.3 is 0 Å². The van der Waals surface area contributed by atoms with Crippen LogP contribution in [-0.4, -0.2) is 43.8 Å². The standard InChI is InChI=1S/C25H24ClN5O3S/c1-31(35(2,33)34)23(14-16-5-3-6-18(13-16)24(28)29)25(32)30-19-11-9-17(10-12-19)20-7-4-8-22(26)21(20)15-27/h3-13,23H,14H2,1-2H3,(H3,28,29)(H,30,32)/t23-/m0/s1. The smallest absolute Gasteiger partial charge is 0.243 e. The van der Waals surface area contributed by atoms with Gasteiger partial charge in [0.05, 0.1) is 16.8 Å². The summed E-state index contributed by atoms with van der Waals surface area (Å²) >= 11 is 6.12. The first-order valence-electron chi connectivity index (χ1n) is 10.5. The highest BCUT2D eigenvalue weighted by atomic mass is 35.5. The number of nitriles is 1. The number of anilines is 1. The first-order valence-corrected chi connectivity index (χ1v) is 12.7. The zero-order valence-electron chi connectivity index (χ0n) is 19.1. The highest BCUT2D eigenvalue weighted by Gasteiger charge is 2.29. The van der Waals surface area contributed by atoms with E-state index in [1.165, 1.54) is 7.05 Å². The van der Waals surface area contributed by atoms with Crippen LogP contribution in [-0.2, 0) is 21.2 Å². The van der Waals surface area contributed by atoms with Crippen molar-refractivity contribution in [3.05, 3.63) is 88.4 Å². The molecule has 0 saturated carbocycles. The number of carbonyl (C=O) groups excluding carboxylic acids is 1. The molecule has 1 amide bonds. The zero-order valence-corrected chi connectivity index (χ0v) is 20.7. The van der Waals surface area contributed by atoms with E-state index in [1.807, 2.05) is 0 Å². The van der Waals surface area contributed by atoms with Gasteiger partial charge in [-0.15, -0.1) is 0 Å². The Hall–Kier alpha value is -3.71. The number of hydrogen-bond acceptors (Lipinski definition) is 5. The molecule has 0 aliphatic rings. The molecule has 0 aliphatic heterocycles. The van der Waals surface area contributed by atoms with Gasteiger partial charge in [-0.3, -0.25) is 10.2 Å². The van der Waals surface area contributed by atoms with Crippen LogP contribution in [0.15, 0.2) is 66.7 Å². The van der Waals surface area contributed by atoms with E-state index in [9.17, 15) is 18.5 Å². The molecule has 0 aromatic heterocycles. The van der Waals surface area contributed by atoms with Crippen molar-refractivity contribution in [2.45, 2.75) is 12.5 Å². The van der Waals surface area contributed by atoms with E-state index in [1.54, 1.807) is 66.7 Å². The molecule has 0 radical (unpaired) electrons. The molecule has 3 rings (SSSR count). The third-order valence-electron chi connectivity index (χ3n) is 5.52. The molecule has 1 atom stereocenters. The number of halogens is 1. The lowest BCUT2D eigenvalue weighted by atomic mass is 10.00. The van der Waals surface area contributed by atoms with Crippen molar-refractivity contribution >= 4 is 39.1 Å². The molecule has 35 heavy (non-hydrogen) atoms. The van der Waals surface area contributed by atoms with E-state index < -0.39 is 22.0 Å². The van der Waals surface area contributed by atoms with Crippen molar-refractivity contribution in [3.63, 3.8) is 0 Å². The van der Waals surface area contributed by atoms with E-state index in [2.05, 4.69) is 11.4 Å². The zero-order chi connectivity index (χ0) is 25.8. The predicted octanol–water partition coefficient (Wildman–Crippen LogP) is 3.60. The number of nitrogens with one attached hydrogen (secondary N) is 2. The largest absolute Gasteiger partial charge is 0.384 e. The van der Waals surface area contributed by atoms with Gasteiger partial charge in [-0.25, -0.2) is 8.42 Å². The SMILES string of the molecule is CN([C@@H](Cc1cccc(C(=N)N)c1)C(=O)Nc1ccc(-c2cccc(Cl)c2C#N)cc1)S(C)(=O)=O. The summed E-state index contributed by atoms with van der Waals surface area (Å²) in [5.74, 6) is -0.636. The molecule has 180 valence electrons. The minimum absolute atomic E-state index is 0.0860. The summed E-state index contributed by atoms with van der Waals surface area (Å²) in [6.45, 7) is 0. The number of nitrogens with two attached hydrogens (primary N) is 1. The summed E-state index contributed by atoms with van der Waals surface area (Å²) in [7, 11) is -2.33. The van der Waals surface area contributed by atoms with E-state index >= 15 is 0 Å². The van der Waals surface area contributed by atoms with Crippen LogP contribution in [0.1, 0.15) is 16.7 Å². The number of likely N-dealkylation sites (N-methyl/N-ethyl adjacent to an activating group) is 1. The minimum Gasteiger partial charge on any atom is -0.384 e. The van der Waals surface area contributed by atoms with Crippen molar-refractivity contribution in [3.8, 4) is 17.2 Å². The van der Waals surface area contributed by atoms with E-state index in [0.29, 0.717) is 33.0 Å². The molecule has 0 heterocycles. The molecule has 0 bridgehead atoms. The summed E-state index contributed by atoms with van der Waals surface area (Å²) in [6, 6.07) is 19.8. The van der Waals surface area contributed by atoms with Crippen LogP contribution >= 0.6 is 11.6 Å². The van der Waals surface area contributed by atoms with Crippen molar-refractivity contribution in [2.75, 3.05) is 18.6 Å². The molecule has 8 nitrogen and oxygen atoms in total. The monoisotopic (exact) mass is 509 g/mol. The van der Waals surface area contributed by atoms with Gasteiger partial charge in [0.25, 0.3) is 0 Å². The van der Waals surface area contributed by atoms with Gasteiger partial charge in [-0.05, 0) is 41.8 Å². The van der Waals surface area contributed by atoms with Crippen LogP contribution in [0.4, 0.5) is 5.69 Å². The summed E-state index contributed by atoms with van der Waals surface area (Å²) in [4.78, 5) is 13.2. The molecule has 0 unspecified atom stereocenters. The topological polar surface area (TPSA) is 140 Å². The highest BCUT2D eigenvalue weighted by molar-refractivity contribution is 7.88. The summed E-state index contributed by atoms with van der Waals surface area (Å²) in [6.07, 6.45) is 1.12. The lowest BCUT2D eigenvalue weighted by molar-refractivity contribution is -0.119. The molecule has 10 heteroatoms. The minimum atomic E-state index is -3.68. The second kappa shape index (κ2) is 10.7. The number of hydrogen-bond donors (Lipinski definition) is 3. The first-order chi connectivity index (χ1) is 16.5. The van der Waals surface area contributed by atoms with Crippen LogP contribution < -0.4 is 11.1 Å². The van der Waals surface area contributed by atoms with E-state index in [4.69, 9.17) is 22.7 Å². The Morgan fingerprint density at radius 1 is 1.17 bits per heavy atom. The fourth-order valence-corrected chi connectivity index (χ4v) is 4.39. The Balaban J connectivity index is 1.86. The summed E-state index contributed by atoms with van der Waals surface area (Å²) in [5, 5.41) is 20.2. The quantitative estimate of drug-likeness (QED) is 0.314.